The average Bonchev–Trinajstić information content (AvgIpc) is 3.37. The molecule has 0 radical (unpaired) electrons. The SMILES string of the molecule is NC(=O)c1cc(-c2ccccc2)c(-c2ccc(CN3CCC(c4nc5ccc(F)cc5[nH]4)CC3)cc2)nc1Cl. The van der Waals surface area contributed by atoms with Gasteiger partial charge in [0.05, 0.1) is 22.3 Å². The van der Waals surface area contributed by atoms with Crippen molar-refractivity contribution < 1.29 is 9.18 Å². The number of imidazole rings is 1. The minimum atomic E-state index is -0.607. The summed E-state index contributed by atoms with van der Waals surface area (Å²) in [5.41, 5.74) is 11.9. The summed E-state index contributed by atoms with van der Waals surface area (Å²) in [6.07, 6.45) is 1.99. The van der Waals surface area contributed by atoms with Crippen LogP contribution in [-0.2, 0) is 6.54 Å². The number of carbonyl (C=O) groups excluding carboxylic acids is 1. The first-order chi connectivity index (χ1) is 18.9. The number of amides is 1. The first-order valence-corrected chi connectivity index (χ1v) is 13.3. The van der Waals surface area contributed by atoms with Gasteiger partial charge in [-0.3, -0.25) is 9.69 Å². The zero-order valence-corrected chi connectivity index (χ0v) is 22.0. The molecule has 196 valence electrons. The maximum absolute atomic E-state index is 13.5. The van der Waals surface area contributed by atoms with Crippen LogP contribution in [0.1, 0.15) is 40.5 Å². The molecule has 8 heteroatoms. The fourth-order valence-corrected chi connectivity index (χ4v) is 5.54. The number of nitrogens with two attached hydrogens (primary N) is 1. The third-order valence-electron chi connectivity index (χ3n) is 7.40. The molecule has 3 N–H and O–H groups in total. The van der Waals surface area contributed by atoms with Crippen LogP contribution in [-0.4, -0.2) is 38.8 Å². The zero-order valence-electron chi connectivity index (χ0n) is 21.2. The average molecular weight is 540 g/mol. The van der Waals surface area contributed by atoms with E-state index in [1.165, 1.54) is 17.7 Å². The Morgan fingerprint density at radius 2 is 1.72 bits per heavy atom. The Morgan fingerprint density at radius 3 is 2.44 bits per heavy atom. The zero-order chi connectivity index (χ0) is 26.9. The molecule has 1 aliphatic heterocycles. The lowest BCUT2D eigenvalue weighted by Crippen LogP contribution is -2.32. The van der Waals surface area contributed by atoms with Gasteiger partial charge in [0.25, 0.3) is 5.91 Å². The quantitative estimate of drug-likeness (QED) is 0.239. The van der Waals surface area contributed by atoms with Crippen molar-refractivity contribution in [3.05, 3.63) is 107 Å². The predicted octanol–water partition coefficient (Wildman–Crippen LogP) is 6.56. The molecular formula is C31H27ClFN5O. The van der Waals surface area contributed by atoms with Gasteiger partial charge in [-0.05, 0) is 61.3 Å². The molecular weight excluding hydrogens is 513 g/mol. The van der Waals surface area contributed by atoms with E-state index in [0.29, 0.717) is 11.6 Å². The lowest BCUT2D eigenvalue weighted by atomic mass is 9.95. The maximum Gasteiger partial charge on any atom is 0.251 e. The molecule has 2 aromatic heterocycles. The highest BCUT2D eigenvalue weighted by molar-refractivity contribution is 6.33. The van der Waals surface area contributed by atoms with Crippen LogP contribution in [0, 0.1) is 5.82 Å². The van der Waals surface area contributed by atoms with Gasteiger partial charge in [0.15, 0.2) is 0 Å². The Labute approximate surface area is 230 Å². The van der Waals surface area contributed by atoms with E-state index < -0.39 is 5.91 Å². The van der Waals surface area contributed by atoms with E-state index >= 15 is 0 Å². The molecule has 1 saturated heterocycles. The van der Waals surface area contributed by atoms with Crippen LogP contribution in [0.3, 0.4) is 0 Å². The number of hydrogen-bond acceptors (Lipinski definition) is 4. The Kier molecular flexibility index (Phi) is 6.85. The number of likely N-dealkylation sites (tertiary alicyclic amines) is 1. The maximum atomic E-state index is 13.5. The normalized spacial score (nSPS) is 14.6. The second-order valence-corrected chi connectivity index (χ2v) is 10.3. The summed E-state index contributed by atoms with van der Waals surface area (Å²) >= 11 is 6.34. The summed E-state index contributed by atoms with van der Waals surface area (Å²) in [6.45, 7) is 2.77. The van der Waals surface area contributed by atoms with E-state index in [-0.39, 0.29) is 16.5 Å². The Morgan fingerprint density at radius 1 is 0.974 bits per heavy atom. The smallest absolute Gasteiger partial charge is 0.251 e. The van der Waals surface area contributed by atoms with Crippen LogP contribution >= 0.6 is 11.6 Å². The number of aromatic nitrogens is 3. The number of H-pyrrole nitrogens is 1. The third-order valence-corrected chi connectivity index (χ3v) is 7.68. The number of nitrogens with one attached hydrogen (secondary N) is 1. The van der Waals surface area contributed by atoms with Gasteiger partial charge in [0.1, 0.15) is 16.8 Å². The number of primary amides is 1. The molecule has 3 aromatic carbocycles. The summed E-state index contributed by atoms with van der Waals surface area (Å²) in [7, 11) is 0. The molecule has 1 fully saturated rings. The molecule has 1 aliphatic rings. The van der Waals surface area contributed by atoms with E-state index in [1.54, 1.807) is 12.1 Å². The van der Waals surface area contributed by atoms with Crippen molar-refractivity contribution in [2.24, 2.45) is 5.73 Å². The molecule has 0 unspecified atom stereocenters. The van der Waals surface area contributed by atoms with Gasteiger partial charge < -0.3 is 10.7 Å². The Balaban J connectivity index is 1.16. The lowest BCUT2D eigenvalue weighted by Gasteiger charge is -2.31. The Bertz CT molecular complexity index is 1640. The van der Waals surface area contributed by atoms with E-state index in [9.17, 15) is 9.18 Å². The van der Waals surface area contributed by atoms with Gasteiger partial charge in [-0.25, -0.2) is 14.4 Å². The number of hydrogen-bond donors (Lipinski definition) is 2. The van der Waals surface area contributed by atoms with E-state index in [4.69, 9.17) is 22.3 Å². The van der Waals surface area contributed by atoms with Crippen molar-refractivity contribution >= 4 is 28.5 Å². The van der Waals surface area contributed by atoms with Crippen molar-refractivity contribution in [2.75, 3.05) is 13.1 Å². The van der Waals surface area contributed by atoms with Crippen molar-refractivity contribution in [2.45, 2.75) is 25.3 Å². The van der Waals surface area contributed by atoms with Gasteiger partial charge in [-0.2, -0.15) is 0 Å². The topological polar surface area (TPSA) is 87.9 Å². The monoisotopic (exact) mass is 539 g/mol. The van der Waals surface area contributed by atoms with Crippen LogP contribution in [0.5, 0.6) is 0 Å². The van der Waals surface area contributed by atoms with Gasteiger partial charge >= 0.3 is 0 Å². The number of carbonyl (C=O) groups is 1. The van der Waals surface area contributed by atoms with Crippen LogP contribution in [0.15, 0.2) is 78.9 Å². The fourth-order valence-electron chi connectivity index (χ4n) is 5.31. The summed E-state index contributed by atoms with van der Waals surface area (Å²) < 4.78 is 13.5. The number of pyridine rings is 1. The number of nitrogens with zero attached hydrogens (tertiary/aromatic N) is 3. The number of fused-ring (bicyclic) bond motifs is 1. The van der Waals surface area contributed by atoms with E-state index in [0.717, 1.165) is 66.0 Å². The molecule has 6 rings (SSSR count). The van der Waals surface area contributed by atoms with Crippen molar-refractivity contribution in [1.82, 2.24) is 19.9 Å². The van der Waals surface area contributed by atoms with Crippen molar-refractivity contribution in [3.63, 3.8) is 0 Å². The molecule has 5 aromatic rings. The number of halogens is 2. The number of rotatable bonds is 6. The van der Waals surface area contributed by atoms with E-state index in [1.807, 2.05) is 42.5 Å². The molecule has 39 heavy (non-hydrogen) atoms. The minimum Gasteiger partial charge on any atom is -0.366 e. The summed E-state index contributed by atoms with van der Waals surface area (Å²) in [5, 5.41) is 0.0960. The van der Waals surface area contributed by atoms with Crippen molar-refractivity contribution in [1.29, 1.82) is 0 Å². The molecule has 3 heterocycles. The highest BCUT2D eigenvalue weighted by Crippen LogP contribution is 2.34. The number of aromatic amines is 1. The molecule has 1 amide bonds. The van der Waals surface area contributed by atoms with Crippen LogP contribution in [0.2, 0.25) is 5.15 Å². The minimum absolute atomic E-state index is 0.0960. The highest BCUT2D eigenvalue weighted by Gasteiger charge is 2.23. The summed E-state index contributed by atoms with van der Waals surface area (Å²) in [5.74, 6) is 0.429. The Hall–Kier alpha value is -4.07. The summed E-state index contributed by atoms with van der Waals surface area (Å²) in [4.78, 5) is 26.9. The second kappa shape index (κ2) is 10.6. The molecule has 0 bridgehead atoms. The van der Waals surface area contributed by atoms with E-state index in [2.05, 4.69) is 27.0 Å². The third kappa shape index (κ3) is 5.28. The molecule has 0 spiro atoms. The summed E-state index contributed by atoms with van der Waals surface area (Å²) in [6, 6.07) is 24.5. The van der Waals surface area contributed by atoms with Crippen LogP contribution in [0.25, 0.3) is 33.4 Å². The standard InChI is InChI=1S/C31H27ClFN5O/c32-29-25(30(34)39)17-24(20-4-2-1-3-5-20)28(37-29)21-8-6-19(7-9-21)18-38-14-12-22(13-15-38)31-35-26-11-10-23(33)16-27(26)36-31/h1-11,16-17,22H,12-15,18H2,(H2,34,39)(H,35,36). The molecule has 0 aliphatic carbocycles. The van der Waals surface area contributed by atoms with Gasteiger partial charge in [-0.1, -0.05) is 66.2 Å². The lowest BCUT2D eigenvalue weighted by molar-refractivity contribution is 0.1000. The molecule has 6 nitrogen and oxygen atoms in total. The predicted molar refractivity (Wildman–Crippen MR) is 152 cm³/mol. The molecule has 0 saturated carbocycles. The molecule has 0 atom stereocenters. The fraction of sp³-hybridized carbons (Fsp3) is 0.194. The first kappa shape index (κ1) is 25.2. The first-order valence-electron chi connectivity index (χ1n) is 13.0. The van der Waals surface area contributed by atoms with Gasteiger partial charge in [0, 0.05) is 23.6 Å². The number of piperidine rings is 1. The number of benzene rings is 3. The van der Waals surface area contributed by atoms with Gasteiger partial charge in [-0.15, -0.1) is 0 Å². The highest BCUT2D eigenvalue weighted by atomic mass is 35.5. The van der Waals surface area contributed by atoms with Crippen molar-refractivity contribution in [3.8, 4) is 22.4 Å². The second-order valence-electron chi connectivity index (χ2n) is 9.98. The van der Waals surface area contributed by atoms with Crippen LogP contribution < -0.4 is 5.73 Å². The van der Waals surface area contributed by atoms with Gasteiger partial charge in [0.2, 0.25) is 0 Å². The largest absolute Gasteiger partial charge is 0.366 e. The van der Waals surface area contributed by atoms with Crippen LogP contribution in [0.4, 0.5) is 4.39 Å².